The van der Waals surface area contributed by atoms with Crippen LogP contribution >= 0.6 is 0 Å². The molecule has 0 aliphatic carbocycles. The van der Waals surface area contributed by atoms with Gasteiger partial charge in [0.1, 0.15) is 0 Å². The Morgan fingerprint density at radius 3 is 1.27 bits per heavy atom. The summed E-state index contributed by atoms with van der Waals surface area (Å²) in [6.45, 7) is 0. The molecule has 0 saturated heterocycles. The van der Waals surface area contributed by atoms with E-state index in [1.54, 1.807) is 0 Å². The van der Waals surface area contributed by atoms with Crippen LogP contribution in [0.1, 0.15) is 0 Å². The normalized spacial score (nSPS) is 11.1. The fraction of sp³-hybridized carbons (Fsp3) is 0. The van der Waals surface area contributed by atoms with Gasteiger partial charge in [0.15, 0.2) is 0 Å². The molecule has 0 amide bonds. The summed E-state index contributed by atoms with van der Waals surface area (Å²) in [5.74, 6) is 0. The first-order valence-corrected chi connectivity index (χ1v) is 20.3. The Kier molecular flexibility index (Phi) is 9.68. The van der Waals surface area contributed by atoms with Crippen molar-refractivity contribution in [2.24, 2.45) is 0 Å². The van der Waals surface area contributed by atoms with Gasteiger partial charge < -0.3 is 4.90 Å². The van der Waals surface area contributed by atoms with Crippen LogP contribution in [0, 0.1) is 0 Å². The van der Waals surface area contributed by atoms with Crippen LogP contribution in [0.15, 0.2) is 249 Å². The quantitative estimate of drug-likeness (QED) is 0.142. The minimum absolute atomic E-state index is 1.08. The highest BCUT2D eigenvalue weighted by Gasteiger charge is 2.21. The molecular weight excluding hydrogens is 711 g/mol. The molecule has 0 saturated carbocycles. The highest BCUT2D eigenvalue weighted by molar-refractivity contribution is 6.00. The fourth-order valence-electron chi connectivity index (χ4n) is 8.55. The first-order valence-electron chi connectivity index (χ1n) is 20.3. The van der Waals surface area contributed by atoms with Crippen LogP contribution in [0.3, 0.4) is 0 Å². The van der Waals surface area contributed by atoms with Crippen molar-refractivity contribution in [3.63, 3.8) is 0 Å². The summed E-state index contributed by atoms with van der Waals surface area (Å²) in [7, 11) is 0. The van der Waals surface area contributed by atoms with E-state index < -0.39 is 0 Å². The van der Waals surface area contributed by atoms with E-state index in [2.05, 4.69) is 254 Å². The molecule has 59 heavy (non-hydrogen) atoms. The lowest BCUT2D eigenvalue weighted by Gasteiger charge is -2.29. The van der Waals surface area contributed by atoms with E-state index in [1.165, 1.54) is 72.0 Å². The number of hydrogen-bond acceptors (Lipinski definition) is 1. The maximum absolute atomic E-state index is 2.43. The van der Waals surface area contributed by atoms with Crippen LogP contribution in [-0.2, 0) is 0 Å². The van der Waals surface area contributed by atoms with E-state index in [-0.39, 0.29) is 0 Å². The summed E-state index contributed by atoms with van der Waals surface area (Å²) in [6, 6.07) is 89.8. The zero-order valence-electron chi connectivity index (χ0n) is 32.6. The molecule has 10 aromatic rings. The van der Waals surface area contributed by atoms with Crippen LogP contribution in [0.2, 0.25) is 0 Å². The van der Waals surface area contributed by atoms with Gasteiger partial charge >= 0.3 is 0 Å². The standard InChI is InChI=1S/C58H41N/c1-3-19-42(20-4-1)49-28-9-10-29-51(49)45-37-39-47(40-38-45)59(48-26-17-25-46(41-48)53-35-18-24-44-23-7-8-27-50(44)53)58-36-16-15-34-57(58)56-33-14-13-32-55(56)54-31-12-11-30-52(54)43-21-5-2-6-22-43/h1-41H. The van der Waals surface area contributed by atoms with Gasteiger partial charge in [0, 0.05) is 16.9 Å². The third-order valence-corrected chi connectivity index (χ3v) is 11.3. The molecule has 0 radical (unpaired) electrons. The molecule has 0 fully saturated rings. The Balaban J connectivity index is 1.15. The van der Waals surface area contributed by atoms with E-state index in [4.69, 9.17) is 0 Å². The van der Waals surface area contributed by atoms with Gasteiger partial charge in [0.2, 0.25) is 0 Å². The molecule has 0 atom stereocenters. The molecule has 0 heterocycles. The predicted octanol–water partition coefficient (Wildman–Crippen LogP) is 16.3. The average Bonchev–Trinajstić information content (AvgIpc) is 3.32. The number of rotatable bonds is 9. The molecule has 1 nitrogen and oxygen atoms in total. The van der Waals surface area contributed by atoms with Crippen molar-refractivity contribution >= 4 is 27.8 Å². The molecule has 10 rings (SSSR count). The zero-order valence-corrected chi connectivity index (χ0v) is 32.6. The van der Waals surface area contributed by atoms with Gasteiger partial charge in [0.25, 0.3) is 0 Å². The fourth-order valence-corrected chi connectivity index (χ4v) is 8.55. The van der Waals surface area contributed by atoms with Crippen molar-refractivity contribution in [3.8, 4) is 66.8 Å². The monoisotopic (exact) mass is 751 g/mol. The summed E-state index contributed by atoms with van der Waals surface area (Å²) in [6.07, 6.45) is 0. The van der Waals surface area contributed by atoms with Crippen molar-refractivity contribution in [2.75, 3.05) is 4.90 Å². The number of fused-ring (bicyclic) bond motifs is 1. The summed E-state index contributed by atoms with van der Waals surface area (Å²) in [5.41, 5.74) is 17.6. The van der Waals surface area contributed by atoms with Crippen LogP contribution in [0.5, 0.6) is 0 Å². The van der Waals surface area contributed by atoms with Gasteiger partial charge in [-0.3, -0.25) is 0 Å². The number of benzene rings is 10. The van der Waals surface area contributed by atoms with Crippen molar-refractivity contribution in [2.45, 2.75) is 0 Å². The van der Waals surface area contributed by atoms with Crippen LogP contribution < -0.4 is 4.90 Å². The second-order valence-corrected chi connectivity index (χ2v) is 14.8. The molecule has 0 aliphatic heterocycles. The first-order chi connectivity index (χ1) is 29.3. The second kappa shape index (κ2) is 16.0. The Hall–Kier alpha value is -7.74. The Morgan fingerprint density at radius 2 is 0.627 bits per heavy atom. The Morgan fingerprint density at radius 1 is 0.220 bits per heavy atom. The van der Waals surface area contributed by atoms with Gasteiger partial charge in [-0.2, -0.15) is 0 Å². The summed E-state index contributed by atoms with van der Waals surface area (Å²) >= 11 is 0. The lowest BCUT2D eigenvalue weighted by molar-refractivity contribution is 1.28. The molecule has 0 N–H and O–H groups in total. The minimum Gasteiger partial charge on any atom is -0.310 e. The Bertz CT molecular complexity index is 3030. The van der Waals surface area contributed by atoms with E-state index in [0.29, 0.717) is 0 Å². The van der Waals surface area contributed by atoms with Gasteiger partial charge in [-0.25, -0.2) is 0 Å². The molecule has 0 bridgehead atoms. The van der Waals surface area contributed by atoms with Crippen molar-refractivity contribution in [1.29, 1.82) is 0 Å². The summed E-state index contributed by atoms with van der Waals surface area (Å²) < 4.78 is 0. The average molecular weight is 752 g/mol. The van der Waals surface area contributed by atoms with Crippen molar-refractivity contribution in [3.05, 3.63) is 249 Å². The predicted molar refractivity (Wildman–Crippen MR) is 251 cm³/mol. The number of nitrogens with zero attached hydrogens (tertiary/aromatic N) is 1. The maximum Gasteiger partial charge on any atom is 0.0540 e. The van der Waals surface area contributed by atoms with Crippen molar-refractivity contribution in [1.82, 2.24) is 0 Å². The number of para-hydroxylation sites is 1. The van der Waals surface area contributed by atoms with Gasteiger partial charge in [0.05, 0.1) is 5.69 Å². The Labute approximate surface area is 346 Å². The lowest BCUT2D eigenvalue weighted by atomic mass is 9.88. The topological polar surface area (TPSA) is 3.24 Å². The van der Waals surface area contributed by atoms with Crippen LogP contribution in [0.4, 0.5) is 17.1 Å². The molecule has 1 heteroatoms. The number of anilines is 3. The molecule has 0 unspecified atom stereocenters. The third-order valence-electron chi connectivity index (χ3n) is 11.3. The molecule has 0 aromatic heterocycles. The highest BCUT2D eigenvalue weighted by Crippen LogP contribution is 2.46. The smallest absolute Gasteiger partial charge is 0.0540 e. The van der Waals surface area contributed by atoms with Gasteiger partial charge in [-0.05, 0) is 102 Å². The van der Waals surface area contributed by atoms with Crippen LogP contribution in [0.25, 0.3) is 77.5 Å². The molecule has 10 aromatic carbocycles. The van der Waals surface area contributed by atoms with Gasteiger partial charge in [-0.15, -0.1) is 0 Å². The van der Waals surface area contributed by atoms with Crippen LogP contribution in [-0.4, -0.2) is 0 Å². The van der Waals surface area contributed by atoms with E-state index in [9.17, 15) is 0 Å². The molecule has 0 spiro atoms. The largest absolute Gasteiger partial charge is 0.310 e. The molecule has 0 aliphatic rings. The summed E-state index contributed by atoms with van der Waals surface area (Å²) in [5, 5.41) is 2.47. The third kappa shape index (κ3) is 7.01. The summed E-state index contributed by atoms with van der Waals surface area (Å²) in [4.78, 5) is 2.43. The number of hydrogen-bond donors (Lipinski definition) is 0. The highest BCUT2D eigenvalue weighted by atomic mass is 15.1. The maximum atomic E-state index is 2.43. The lowest BCUT2D eigenvalue weighted by Crippen LogP contribution is -2.11. The SMILES string of the molecule is c1ccc(-c2ccccc2-c2ccc(N(c3cccc(-c4cccc5ccccc45)c3)c3ccccc3-c3ccccc3-c3ccccc3-c3ccccc3)cc2)cc1. The van der Waals surface area contributed by atoms with E-state index in [0.717, 1.165) is 22.6 Å². The second-order valence-electron chi connectivity index (χ2n) is 14.8. The molecular formula is C58H41N. The van der Waals surface area contributed by atoms with Gasteiger partial charge in [-0.1, -0.05) is 218 Å². The van der Waals surface area contributed by atoms with E-state index in [1.807, 2.05) is 0 Å². The van der Waals surface area contributed by atoms with E-state index >= 15 is 0 Å². The van der Waals surface area contributed by atoms with Crippen molar-refractivity contribution < 1.29 is 0 Å². The first kappa shape index (κ1) is 35.7. The minimum atomic E-state index is 1.08. The molecule has 278 valence electrons. The zero-order chi connectivity index (χ0) is 39.4.